The summed E-state index contributed by atoms with van der Waals surface area (Å²) in [5.41, 5.74) is 1.47. The van der Waals surface area contributed by atoms with Gasteiger partial charge in [-0.25, -0.2) is 0 Å². The van der Waals surface area contributed by atoms with Crippen molar-refractivity contribution in [3.05, 3.63) is 35.9 Å². The van der Waals surface area contributed by atoms with E-state index in [9.17, 15) is 0 Å². The van der Waals surface area contributed by atoms with Crippen LogP contribution >= 0.6 is 0 Å². The van der Waals surface area contributed by atoms with Crippen molar-refractivity contribution in [1.29, 1.82) is 0 Å². The minimum absolute atomic E-state index is 0.686. The molecule has 20 heavy (non-hydrogen) atoms. The lowest BCUT2D eigenvalue weighted by molar-refractivity contribution is -0.942. The zero-order valence-electron chi connectivity index (χ0n) is 14.1. The second kappa shape index (κ2) is 9.18. The Balaban J connectivity index is 2.42. The molecule has 0 saturated carbocycles. The summed E-state index contributed by atoms with van der Waals surface area (Å²) in [6, 6.07) is 11.6. The highest BCUT2D eigenvalue weighted by atomic mass is 15.3. The first kappa shape index (κ1) is 17.2. The summed E-state index contributed by atoms with van der Waals surface area (Å²) >= 11 is 0. The summed E-state index contributed by atoms with van der Waals surface area (Å²) in [6.45, 7) is 9.47. The van der Waals surface area contributed by atoms with Crippen LogP contribution in [0, 0.1) is 0 Å². The van der Waals surface area contributed by atoms with Gasteiger partial charge in [-0.3, -0.25) is 0 Å². The molecule has 1 atom stereocenters. The average Bonchev–Trinajstić information content (AvgIpc) is 2.43. The highest BCUT2D eigenvalue weighted by Gasteiger charge is 2.25. The Morgan fingerprint density at radius 1 is 0.900 bits per heavy atom. The molecule has 0 amide bonds. The van der Waals surface area contributed by atoms with E-state index in [1.807, 2.05) is 0 Å². The van der Waals surface area contributed by atoms with E-state index in [0.717, 1.165) is 11.0 Å². The number of benzene rings is 1. The molecule has 0 radical (unpaired) electrons. The summed E-state index contributed by atoms with van der Waals surface area (Å²) in [4.78, 5) is 0. The zero-order chi connectivity index (χ0) is 14.8. The van der Waals surface area contributed by atoms with Crippen molar-refractivity contribution >= 4 is 0 Å². The summed E-state index contributed by atoms with van der Waals surface area (Å²) in [6.07, 6.45) is 8.34. The molecule has 0 aliphatic heterocycles. The number of quaternary nitrogens is 1. The lowest BCUT2D eigenvalue weighted by Gasteiger charge is -2.39. The fourth-order valence-electron chi connectivity index (χ4n) is 2.77. The second-order valence-electron chi connectivity index (χ2n) is 6.71. The van der Waals surface area contributed by atoms with E-state index in [-0.39, 0.29) is 0 Å². The van der Waals surface area contributed by atoms with E-state index in [4.69, 9.17) is 0 Å². The molecule has 1 nitrogen and oxygen atoms in total. The van der Waals surface area contributed by atoms with Crippen LogP contribution in [0.5, 0.6) is 0 Å². The van der Waals surface area contributed by atoms with Gasteiger partial charge < -0.3 is 4.48 Å². The fourth-order valence-corrected chi connectivity index (χ4v) is 2.77. The molecular formula is C19H34N+. The predicted molar refractivity (Wildman–Crippen MR) is 89.7 cm³/mol. The highest BCUT2D eigenvalue weighted by Crippen LogP contribution is 2.19. The molecule has 0 spiro atoms. The van der Waals surface area contributed by atoms with Crippen molar-refractivity contribution in [1.82, 2.24) is 0 Å². The SMILES string of the molecule is CCCCCCCC[N+](C)(Cc1ccccc1)C(C)C. The normalized spacial score (nSPS) is 14.4. The van der Waals surface area contributed by atoms with Gasteiger partial charge in [0.1, 0.15) is 6.54 Å². The smallest absolute Gasteiger partial charge is 0.104 e. The number of rotatable bonds is 10. The lowest BCUT2D eigenvalue weighted by atomic mass is 10.1. The molecule has 114 valence electrons. The Morgan fingerprint density at radius 3 is 2.10 bits per heavy atom. The van der Waals surface area contributed by atoms with Gasteiger partial charge in [0.15, 0.2) is 0 Å². The van der Waals surface area contributed by atoms with Gasteiger partial charge in [-0.2, -0.15) is 0 Å². The van der Waals surface area contributed by atoms with Gasteiger partial charge in [-0.05, 0) is 26.7 Å². The van der Waals surface area contributed by atoms with Crippen molar-refractivity contribution in [2.45, 2.75) is 71.9 Å². The molecule has 0 aliphatic rings. The lowest BCUT2D eigenvalue weighted by Crippen LogP contribution is -2.49. The molecule has 1 heteroatoms. The Bertz CT molecular complexity index is 344. The minimum Gasteiger partial charge on any atom is -0.320 e. The molecule has 1 aromatic rings. The third-order valence-corrected chi connectivity index (χ3v) is 4.66. The molecule has 0 aliphatic carbocycles. The van der Waals surface area contributed by atoms with Crippen molar-refractivity contribution in [3.8, 4) is 0 Å². The molecule has 1 unspecified atom stereocenters. The van der Waals surface area contributed by atoms with Crippen LogP contribution < -0.4 is 0 Å². The van der Waals surface area contributed by atoms with Crippen LogP contribution in [0.25, 0.3) is 0 Å². The van der Waals surface area contributed by atoms with E-state index in [0.29, 0.717) is 6.04 Å². The molecule has 0 heterocycles. The molecule has 1 rings (SSSR count). The molecule has 0 bridgehead atoms. The molecule has 0 N–H and O–H groups in total. The third kappa shape index (κ3) is 6.09. The zero-order valence-corrected chi connectivity index (χ0v) is 14.1. The number of hydrogen-bond donors (Lipinski definition) is 0. The van der Waals surface area contributed by atoms with Crippen molar-refractivity contribution < 1.29 is 4.48 Å². The standard InChI is InChI=1S/C19H34N/c1-5-6-7-8-9-13-16-20(4,18(2)3)17-19-14-11-10-12-15-19/h10-12,14-15,18H,5-9,13,16-17H2,1-4H3/q+1. The van der Waals surface area contributed by atoms with Gasteiger partial charge in [-0.15, -0.1) is 0 Å². The fraction of sp³-hybridized carbons (Fsp3) is 0.684. The van der Waals surface area contributed by atoms with Gasteiger partial charge >= 0.3 is 0 Å². The van der Waals surface area contributed by atoms with Crippen molar-refractivity contribution in [3.63, 3.8) is 0 Å². The predicted octanol–water partition coefficient (Wildman–Crippen LogP) is 5.40. The quantitative estimate of drug-likeness (QED) is 0.396. The van der Waals surface area contributed by atoms with E-state index in [1.54, 1.807) is 0 Å². The van der Waals surface area contributed by atoms with Crippen molar-refractivity contribution in [2.24, 2.45) is 0 Å². The van der Waals surface area contributed by atoms with Crippen LogP contribution in [0.4, 0.5) is 0 Å². The maximum absolute atomic E-state index is 2.42. The first-order valence-electron chi connectivity index (χ1n) is 8.46. The molecular weight excluding hydrogens is 242 g/mol. The monoisotopic (exact) mass is 276 g/mol. The van der Waals surface area contributed by atoms with Crippen LogP contribution in [0.2, 0.25) is 0 Å². The molecule has 1 aromatic carbocycles. The van der Waals surface area contributed by atoms with Crippen LogP contribution in [0.15, 0.2) is 30.3 Å². The first-order valence-corrected chi connectivity index (χ1v) is 8.46. The number of hydrogen-bond acceptors (Lipinski definition) is 0. The van der Waals surface area contributed by atoms with E-state index < -0.39 is 0 Å². The number of nitrogens with zero attached hydrogens (tertiary/aromatic N) is 1. The van der Waals surface area contributed by atoms with Crippen LogP contribution in [-0.2, 0) is 6.54 Å². The summed E-state index contributed by atoms with van der Waals surface area (Å²) in [5.74, 6) is 0. The van der Waals surface area contributed by atoms with E-state index in [2.05, 4.69) is 58.2 Å². The largest absolute Gasteiger partial charge is 0.320 e. The summed E-state index contributed by atoms with van der Waals surface area (Å²) in [5, 5.41) is 0. The first-order chi connectivity index (χ1) is 9.58. The summed E-state index contributed by atoms with van der Waals surface area (Å²) < 4.78 is 1.16. The van der Waals surface area contributed by atoms with E-state index in [1.165, 1.54) is 50.6 Å². The summed E-state index contributed by atoms with van der Waals surface area (Å²) in [7, 11) is 2.42. The van der Waals surface area contributed by atoms with Crippen LogP contribution in [0.3, 0.4) is 0 Å². The van der Waals surface area contributed by atoms with Gasteiger partial charge in [0.05, 0.1) is 19.6 Å². The maximum Gasteiger partial charge on any atom is 0.104 e. The Morgan fingerprint density at radius 2 is 1.50 bits per heavy atom. The highest BCUT2D eigenvalue weighted by molar-refractivity contribution is 5.13. The average molecular weight is 276 g/mol. The molecule has 0 fully saturated rings. The van der Waals surface area contributed by atoms with Gasteiger partial charge in [0, 0.05) is 5.56 Å². The van der Waals surface area contributed by atoms with E-state index >= 15 is 0 Å². The van der Waals surface area contributed by atoms with Gasteiger partial charge in [-0.1, -0.05) is 62.9 Å². The van der Waals surface area contributed by atoms with Crippen LogP contribution in [0.1, 0.15) is 64.9 Å². The topological polar surface area (TPSA) is 0 Å². The van der Waals surface area contributed by atoms with Gasteiger partial charge in [0.2, 0.25) is 0 Å². The molecule has 0 aromatic heterocycles. The van der Waals surface area contributed by atoms with Crippen LogP contribution in [-0.4, -0.2) is 24.1 Å². The molecule has 0 saturated heterocycles. The second-order valence-corrected chi connectivity index (χ2v) is 6.71. The van der Waals surface area contributed by atoms with Crippen molar-refractivity contribution in [2.75, 3.05) is 13.6 Å². The maximum atomic E-state index is 2.42. The Kier molecular flexibility index (Phi) is 7.91. The minimum atomic E-state index is 0.686. The Labute approximate surface area is 126 Å². The Hall–Kier alpha value is -0.820. The van der Waals surface area contributed by atoms with Gasteiger partial charge in [0.25, 0.3) is 0 Å². The number of unbranched alkanes of at least 4 members (excludes halogenated alkanes) is 5. The third-order valence-electron chi connectivity index (χ3n) is 4.66.